The Morgan fingerprint density at radius 2 is 1.67 bits per heavy atom. The van der Waals surface area contributed by atoms with Crippen LogP contribution in [0.1, 0.15) is 72.3 Å². The van der Waals surface area contributed by atoms with Crippen molar-refractivity contribution in [3.05, 3.63) is 29.8 Å². The molecule has 0 bridgehead atoms. The third-order valence-corrected chi connectivity index (χ3v) is 4.59. The molecule has 24 heavy (non-hydrogen) atoms. The van der Waals surface area contributed by atoms with Crippen molar-refractivity contribution >= 4 is 33.0 Å². The van der Waals surface area contributed by atoms with Gasteiger partial charge in [0.1, 0.15) is 5.78 Å². The number of benzene rings is 1. The highest BCUT2D eigenvalue weighted by molar-refractivity contribution is 7.81. The molecule has 1 rings (SSSR count). The molecule has 0 heterocycles. The zero-order valence-electron chi connectivity index (χ0n) is 16.6. The number of hydrogen-bond donors (Lipinski definition) is 1. The van der Waals surface area contributed by atoms with Crippen LogP contribution in [-0.4, -0.2) is 11.5 Å². The van der Waals surface area contributed by atoms with Crippen LogP contribution in [-0.2, 0) is 4.79 Å². The maximum atomic E-state index is 10.7. The first-order chi connectivity index (χ1) is 11.3. The fraction of sp³-hybridized carbons (Fsp3) is 0.667. The number of carbonyl (C=O) groups is 1. The Kier molecular flexibility index (Phi) is 18.9. The molecular formula is C21H39OPS. The van der Waals surface area contributed by atoms with E-state index in [1.165, 1.54) is 36.6 Å². The molecule has 0 saturated heterocycles. The van der Waals surface area contributed by atoms with E-state index >= 15 is 0 Å². The number of carbonyl (C=O) groups excluding carboxylic acids is 1. The lowest BCUT2D eigenvalue weighted by Gasteiger charge is -2.05. The fourth-order valence-corrected chi connectivity index (χ4v) is 2.87. The summed E-state index contributed by atoms with van der Waals surface area (Å²) in [5, 5.41) is 1.25. The van der Waals surface area contributed by atoms with Gasteiger partial charge in [-0.3, -0.25) is 4.79 Å². The second-order valence-electron chi connectivity index (χ2n) is 6.53. The van der Waals surface area contributed by atoms with Gasteiger partial charge in [0.05, 0.1) is 0 Å². The number of aryl methyl sites for hydroxylation is 1. The van der Waals surface area contributed by atoms with Crippen molar-refractivity contribution in [2.24, 2.45) is 11.8 Å². The predicted molar refractivity (Wildman–Crippen MR) is 118 cm³/mol. The third kappa shape index (κ3) is 16.5. The van der Waals surface area contributed by atoms with Gasteiger partial charge in [-0.25, -0.2) is 0 Å². The van der Waals surface area contributed by atoms with Gasteiger partial charge < -0.3 is 0 Å². The van der Waals surface area contributed by atoms with Crippen molar-refractivity contribution < 1.29 is 4.79 Å². The Labute approximate surface area is 159 Å². The maximum absolute atomic E-state index is 10.7. The number of hydrogen-bond acceptors (Lipinski definition) is 2. The summed E-state index contributed by atoms with van der Waals surface area (Å²) in [4.78, 5) is 10.7. The highest BCUT2D eigenvalue weighted by atomic mass is 32.1. The number of ketones is 1. The Morgan fingerprint density at radius 1 is 1.12 bits per heavy atom. The molecule has 0 aliphatic carbocycles. The van der Waals surface area contributed by atoms with Gasteiger partial charge in [-0.1, -0.05) is 90.1 Å². The van der Waals surface area contributed by atoms with E-state index in [0.29, 0.717) is 5.75 Å². The summed E-state index contributed by atoms with van der Waals surface area (Å²) in [6, 6.07) is 8.34. The van der Waals surface area contributed by atoms with Gasteiger partial charge in [-0.15, -0.1) is 9.24 Å². The molecular weight excluding hydrogens is 331 g/mol. The predicted octanol–water partition coefficient (Wildman–Crippen LogP) is 6.25. The van der Waals surface area contributed by atoms with Crippen molar-refractivity contribution in [1.29, 1.82) is 0 Å². The fourth-order valence-electron chi connectivity index (χ4n) is 2.18. The zero-order chi connectivity index (χ0) is 19.0. The van der Waals surface area contributed by atoms with E-state index in [0.717, 1.165) is 12.3 Å². The van der Waals surface area contributed by atoms with Gasteiger partial charge in [-0.2, -0.15) is 12.6 Å². The maximum Gasteiger partial charge on any atom is 0.145 e. The highest BCUT2D eigenvalue weighted by Gasteiger charge is 2.06. The molecule has 140 valence electrons. The first-order valence-corrected chi connectivity index (χ1v) is 10.5. The van der Waals surface area contributed by atoms with Crippen LogP contribution in [0.4, 0.5) is 0 Å². The Morgan fingerprint density at radius 3 is 1.92 bits per heavy atom. The van der Waals surface area contributed by atoms with Crippen molar-refractivity contribution in [3.8, 4) is 0 Å². The molecule has 1 aromatic carbocycles. The molecule has 0 N–H and O–H groups in total. The summed E-state index contributed by atoms with van der Waals surface area (Å²) in [6.45, 7) is 12.9. The van der Waals surface area contributed by atoms with E-state index in [1.807, 2.05) is 13.8 Å². The lowest BCUT2D eigenvalue weighted by atomic mass is 10.0. The van der Waals surface area contributed by atoms with Crippen molar-refractivity contribution in [2.75, 3.05) is 5.75 Å². The first-order valence-electron chi connectivity index (χ1n) is 9.27. The Balaban J connectivity index is 0. The van der Waals surface area contributed by atoms with Crippen LogP contribution in [0.2, 0.25) is 0 Å². The van der Waals surface area contributed by atoms with Gasteiger partial charge in [-0.05, 0) is 24.6 Å². The van der Waals surface area contributed by atoms with Crippen LogP contribution in [0.5, 0.6) is 0 Å². The zero-order valence-corrected chi connectivity index (χ0v) is 18.7. The second-order valence-corrected chi connectivity index (χ2v) is 7.51. The summed E-state index contributed by atoms with van der Waals surface area (Å²) < 4.78 is 0. The van der Waals surface area contributed by atoms with Gasteiger partial charge in [0.25, 0.3) is 0 Å². The van der Waals surface area contributed by atoms with E-state index in [-0.39, 0.29) is 11.7 Å². The smallest absolute Gasteiger partial charge is 0.145 e. The first kappa shape index (κ1) is 25.9. The standard InChI is InChI=1S/C8H18.C7H9P.C6H12OS/c1-4-6-8(3)7-5-2;1-6-3-2-4-7(8)5-6;1-3-5(2)6(7)4-8/h8H,4-7H2,1-3H3;2-5H,8H2,1H3;5,8H,3-4H2,1-2H3. The molecule has 0 aliphatic heterocycles. The van der Waals surface area contributed by atoms with Crippen LogP contribution in [0.15, 0.2) is 24.3 Å². The van der Waals surface area contributed by atoms with E-state index in [1.54, 1.807) is 0 Å². The average Bonchev–Trinajstić information content (AvgIpc) is 2.55. The minimum absolute atomic E-state index is 0.201. The van der Waals surface area contributed by atoms with Gasteiger partial charge >= 0.3 is 0 Å². The number of thiol groups is 1. The molecule has 3 heteroatoms. The summed E-state index contributed by atoms with van der Waals surface area (Å²) in [5.74, 6) is 1.79. The van der Waals surface area contributed by atoms with Crippen LogP contribution in [0.3, 0.4) is 0 Å². The molecule has 0 amide bonds. The summed E-state index contributed by atoms with van der Waals surface area (Å²) in [5.41, 5.74) is 1.32. The third-order valence-electron chi connectivity index (χ3n) is 3.92. The van der Waals surface area contributed by atoms with E-state index in [2.05, 4.69) is 73.8 Å². The van der Waals surface area contributed by atoms with E-state index < -0.39 is 0 Å². The molecule has 1 aromatic rings. The molecule has 0 aromatic heterocycles. The summed E-state index contributed by atoms with van der Waals surface area (Å²) in [7, 11) is 2.66. The number of Topliss-reactive ketones (excluding diaryl/α,β-unsaturated/α-hetero) is 1. The summed E-state index contributed by atoms with van der Waals surface area (Å²) >= 11 is 3.86. The van der Waals surface area contributed by atoms with Crippen molar-refractivity contribution in [1.82, 2.24) is 0 Å². The van der Waals surface area contributed by atoms with Gasteiger partial charge in [0.2, 0.25) is 0 Å². The molecule has 0 spiro atoms. The van der Waals surface area contributed by atoms with Crippen LogP contribution in [0.25, 0.3) is 0 Å². The largest absolute Gasteiger partial charge is 0.298 e. The molecule has 1 nitrogen and oxygen atoms in total. The van der Waals surface area contributed by atoms with Crippen LogP contribution in [0, 0.1) is 18.8 Å². The lowest BCUT2D eigenvalue weighted by Crippen LogP contribution is -2.10. The minimum Gasteiger partial charge on any atom is -0.298 e. The van der Waals surface area contributed by atoms with Crippen LogP contribution >= 0.6 is 21.9 Å². The molecule has 0 saturated carbocycles. The minimum atomic E-state index is 0.201. The quantitative estimate of drug-likeness (QED) is 0.443. The van der Waals surface area contributed by atoms with Crippen molar-refractivity contribution in [3.63, 3.8) is 0 Å². The van der Waals surface area contributed by atoms with E-state index in [4.69, 9.17) is 0 Å². The van der Waals surface area contributed by atoms with Crippen molar-refractivity contribution in [2.45, 2.75) is 73.6 Å². The highest BCUT2D eigenvalue weighted by Crippen LogP contribution is 2.10. The van der Waals surface area contributed by atoms with Crippen LogP contribution < -0.4 is 5.30 Å². The Bertz CT molecular complexity index is 397. The normalized spacial score (nSPS) is 11.0. The molecule has 2 atom stereocenters. The lowest BCUT2D eigenvalue weighted by molar-refractivity contribution is -0.119. The average molecular weight is 371 g/mol. The van der Waals surface area contributed by atoms with E-state index in [9.17, 15) is 4.79 Å². The summed E-state index contributed by atoms with van der Waals surface area (Å²) in [6.07, 6.45) is 6.45. The Hall–Kier alpha value is -0.330. The number of rotatable bonds is 7. The van der Waals surface area contributed by atoms with Gasteiger partial charge in [0.15, 0.2) is 0 Å². The second kappa shape index (κ2) is 17.5. The molecule has 2 unspecified atom stereocenters. The molecule has 0 aliphatic rings. The monoisotopic (exact) mass is 370 g/mol. The molecule has 0 fully saturated rings. The molecule has 0 radical (unpaired) electrons. The SMILES string of the molecule is CCC(C)C(=O)CS.CCCC(C)CCC.Cc1cccc(P)c1. The van der Waals surface area contributed by atoms with Gasteiger partial charge in [0, 0.05) is 11.7 Å². The topological polar surface area (TPSA) is 17.1 Å².